The Hall–Kier alpha value is -1.87. The average Bonchev–Trinajstić information content (AvgIpc) is 3.25. The second-order valence-corrected chi connectivity index (χ2v) is 5.67. The van der Waals surface area contributed by atoms with E-state index in [-0.39, 0.29) is 5.56 Å². The molecule has 1 aliphatic rings. The highest BCUT2D eigenvalue weighted by Crippen LogP contribution is 2.37. The van der Waals surface area contributed by atoms with Crippen LogP contribution in [-0.2, 0) is 6.54 Å². The number of hydrogen-bond acceptors (Lipinski definition) is 2. The topological polar surface area (TPSA) is 48.0 Å². The summed E-state index contributed by atoms with van der Waals surface area (Å²) in [5.41, 5.74) is 11.0. The standard InChI is InChI=1S/C17H20N2O/c1-11-3-4-12(2)15(9-11)16-8-5-13(10-18)17(20)19(16)14-6-7-14/h3-5,8-9,14H,6-7,10,18H2,1-2H3. The van der Waals surface area contributed by atoms with Gasteiger partial charge in [-0.1, -0.05) is 23.8 Å². The Kier molecular flexibility index (Phi) is 3.22. The maximum absolute atomic E-state index is 12.6. The predicted molar refractivity (Wildman–Crippen MR) is 81.8 cm³/mol. The number of aromatic nitrogens is 1. The Morgan fingerprint density at radius 1 is 1.20 bits per heavy atom. The number of hydrogen-bond donors (Lipinski definition) is 1. The zero-order valence-corrected chi connectivity index (χ0v) is 12.0. The predicted octanol–water partition coefficient (Wildman–Crippen LogP) is 2.93. The minimum absolute atomic E-state index is 0.0772. The van der Waals surface area contributed by atoms with Gasteiger partial charge in [-0.05, 0) is 44.4 Å². The maximum Gasteiger partial charge on any atom is 0.255 e. The highest BCUT2D eigenvalue weighted by atomic mass is 16.1. The van der Waals surface area contributed by atoms with Gasteiger partial charge < -0.3 is 10.3 Å². The van der Waals surface area contributed by atoms with Gasteiger partial charge in [-0.25, -0.2) is 0 Å². The van der Waals surface area contributed by atoms with Gasteiger partial charge in [0.25, 0.3) is 5.56 Å². The van der Waals surface area contributed by atoms with Crippen molar-refractivity contribution in [1.29, 1.82) is 0 Å². The minimum atomic E-state index is 0.0772. The quantitative estimate of drug-likeness (QED) is 0.930. The van der Waals surface area contributed by atoms with Gasteiger partial charge in [-0.15, -0.1) is 0 Å². The van der Waals surface area contributed by atoms with Crippen molar-refractivity contribution in [2.24, 2.45) is 5.73 Å². The lowest BCUT2D eigenvalue weighted by Crippen LogP contribution is -2.26. The number of benzene rings is 1. The van der Waals surface area contributed by atoms with Crippen LogP contribution in [0.3, 0.4) is 0 Å². The van der Waals surface area contributed by atoms with Crippen molar-refractivity contribution >= 4 is 0 Å². The summed E-state index contributed by atoms with van der Waals surface area (Å²) in [6.07, 6.45) is 2.18. The third kappa shape index (κ3) is 2.18. The SMILES string of the molecule is Cc1ccc(C)c(-c2ccc(CN)c(=O)n2C2CC2)c1. The molecule has 0 unspecified atom stereocenters. The Morgan fingerprint density at radius 3 is 2.60 bits per heavy atom. The summed E-state index contributed by atoms with van der Waals surface area (Å²) >= 11 is 0. The molecule has 0 radical (unpaired) electrons. The van der Waals surface area contributed by atoms with Crippen molar-refractivity contribution in [2.75, 3.05) is 0 Å². The molecule has 1 fully saturated rings. The maximum atomic E-state index is 12.6. The van der Waals surface area contributed by atoms with E-state index in [2.05, 4.69) is 32.0 Å². The summed E-state index contributed by atoms with van der Waals surface area (Å²) in [4.78, 5) is 12.6. The van der Waals surface area contributed by atoms with Crippen LogP contribution in [0, 0.1) is 13.8 Å². The largest absolute Gasteiger partial charge is 0.326 e. The van der Waals surface area contributed by atoms with Gasteiger partial charge in [-0.2, -0.15) is 0 Å². The lowest BCUT2D eigenvalue weighted by atomic mass is 10.0. The monoisotopic (exact) mass is 268 g/mol. The van der Waals surface area contributed by atoms with Crippen LogP contribution >= 0.6 is 0 Å². The molecule has 0 saturated heterocycles. The number of nitrogens with zero attached hydrogens (tertiary/aromatic N) is 1. The Bertz CT molecular complexity index is 711. The lowest BCUT2D eigenvalue weighted by molar-refractivity contribution is 0.703. The van der Waals surface area contributed by atoms with Crippen LogP contribution < -0.4 is 11.3 Å². The molecule has 2 N–H and O–H groups in total. The van der Waals surface area contributed by atoms with E-state index in [4.69, 9.17) is 5.73 Å². The summed E-state index contributed by atoms with van der Waals surface area (Å²) < 4.78 is 1.95. The molecule has 0 aliphatic heterocycles. The molecule has 1 aliphatic carbocycles. The molecule has 0 atom stereocenters. The van der Waals surface area contributed by atoms with Crippen LogP contribution in [-0.4, -0.2) is 4.57 Å². The van der Waals surface area contributed by atoms with Crippen LogP contribution in [0.5, 0.6) is 0 Å². The van der Waals surface area contributed by atoms with E-state index in [1.165, 1.54) is 11.1 Å². The molecule has 0 amide bonds. The average molecular weight is 268 g/mol. The first-order valence-corrected chi connectivity index (χ1v) is 7.14. The Balaban J connectivity index is 2.26. The van der Waals surface area contributed by atoms with E-state index in [9.17, 15) is 4.79 Å². The molecule has 104 valence electrons. The molecule has 1 aromatic heterocycles. The lowest BCUT2D eigenvalue weighted by Gasteiger charge is -2.16. The summed E-state index contributed by atoms with van der Waals surface area (Å²) in [6, 6.07) is 10.6. The minimum Gasteiger partial charge on any atom is -0.326 e. The van der Waals surface area contributed by atoms with Crippen molar-refractivity contribution in [3.05, 3.63) is 57.4 Å². The van der Waals surface area contributed by atoms with E-state index in [0.29, 0.717) is 18.2 Å². The highest BCUT2D eigenvalue weighted by Gasteiger charge is 2.28. The number of rotatable bonds is 3. The van der Waals surface area contributed by atoms with Crippen molar-refractivity contribution in [1.82, 2.24) is 4.57 Å². The van der Waals surface area contributed by atoms with Gasteiger partial charge in [0.2, 0.25) is 0 Å². The second kappa shape index (κ2) is 4.91. The fraction of sp³-hybridized carbons (Fsp3) is 0.353. The van der Waals surface area contributed by atoms with Gasteiger partial charge in [0.05, 0.1) is 5.69 Å². The third-order valence-electron chi connectivity index (χ3n) is 4.00. The fourth-order valence-electron chi connectivity index (χ4n) is 2.68. The zero-order chi connectivity index (χ0) is 14.3. The van der Waals surface area contributed by atoms with Crippen molar-refractivity contribution in [3.63, 3.8) is 0 Å². The van der Waals surface area contributed by atoms with Crippen molar-refractivity contribution < 1.29 is 0 Å². The smallest absolute Gasteiger partial charge is 0.255 e. The first kappa shape index (κ1) is 13.1. The van der Waals surface area contributed by atoms with Crippen LogP contribution in [0.4, 0.5) is 0 Å². The highest BCUT2D eigenvalue weighted by molar-refractivity contribution is 5.65. The Morgan fingerprint density at radius 2 is 1.95 bits per heavy atom. The molecule has 0 bridgehead atoms. The molecule has 3 rings (SSSR count). The molecular formula is C17H20N2O. The molecule has 0 spiro atoms. The molecule has 1 aromatic carbocycles. The van der Waals surface area contributed by atoms with Crippen LogP contribution in [0.15, 0.2) is 35.1 Å². The van der Waals surface area contributed by atoms with Gasteiger partial charge in [0, 0.05) is 23.7 Å². The first-order chi connectivity index (χ1) is 9.61. The zero-order valence-electron chi connectivity index (χ0n) is 12.0. The van der Waals surface area contributed by atoms with Crippen molar-refractivity contribution in [2.45, 2.75) is 39.3 Å². The van der Waals surface area contributed by atoms with E-state index >= 15 is 0 Å². The number of nitrogens with two attached hydrogens (primary N) is 1. The molecule has 3 heteroatoms. The van der Waals surface area contributed by atoms with Crippen molar-refractivity contribution in [3.8, 4) is 11.3 Å². The van der Waals surface area contributed by atoms with Gasteiger partial charge in [0.15, 0.2) is 0 Å². The van der Waals surface area contributed by atoms with E-state index in [0.717, 1.165) is 24.1 Å². The summed E-state index contributed by atoms with van der Waals surface area (Å²) in [6.45, 7) is 4.47. The number of pyridine rings is 1. The normalized spacial score (nSPS) is 14.6. The summed E-state index contributed by atoms with van der Waals surface area (Å²) in [7, 11) is 0. The fourth-order valence-corrected chi connectivity index (χ4v) is 2.68. The van der Waals surface area contributed by atoms with Gasteiger partial charge in [-0.3, -0.25) is 4.79 Å². The molecular weight excluding hydrogens is 248 g/mol. The van der Waals surface area contributed by atoms with E-state index < -0.39 is 0 Å². The van der Waals surface area contributed by atoms with Gasteiger partial charge >= 0.3 is 0 Å². The van der Waals surface area contributed by atoms with E-state index in [1.807, 2.05) is 16.7 Å². The third-order valence-corrected chi connectivity index (χ3v) is 4.00. The van der Waals surface area contributed by atoms with E-state index in [1.54, 1.807) is 0 Å². The molecule has 3 nitrogen and oxygen atoms in total. The van der Waals surface area contributed by atoms with Crippen LogP contribution in [0.1, 0.15) is 35.6 Å². The Labute approximate surface area is 119 Å². The second-order valence-electron chi connectivity index (χ2n) is 5.67. The number of aryl methyl sites for hydroxylation is 2. The first-order valence-electron chi connectivity index (χ1n) is 7.14. The van der Waals surface area contributed by atoms with Crippen LogP contribution in [0.2, 0.25) is 0 Å². The van der Waals surface area contributed by atoms with Crippen LogP contribution in [0.25, 0.3) is 11.3 Å². The summed E-state index contributed by atoms with van der Waals surface area (Å²) in [5, 5.41) is 0. The van der Waals surface area contributed by atoms with Gasteiger partial charge in [0.1, 0.15) is 0 Å². The molecule has 2 aromatic rings. The molecule has 1 heterocycles. The molecule has 1 saturated carbocycles. The summed E-state index contributed by atoms with van der Waals surface area (Å²) in [5.74, 6) is 0. The molecule has 20 heavy (non-hydrogen) atoms.